The van der Waals surface area contributed by atoms with Crippen molar-refractivity contribution in [3.63, 3.8) is 0 Å². The number of nitrogens with one attached hydrogen (secondary N) is 2. The zero-order chi connectivity index (χ0) is 13.1. The van der Waals surface area contributed by atoms with E-state index in [1.807, 2.05) is 0 Å². The molecule has 1 aliphatic heterocycles. The SMILES string of the molecule is CC(O)CNC(=O)c1ccc2c(c1)CCC(=O)N2. The van der Waals surface area contributed by atoms with Crippen LogP contribution in [-0.4, -0.2) is 29.6 Å². The van der Waals surface area contributed by atoms with Gasteiger partial charge in [-0.15, -0.1) is 0 Å². The monoisotopic (exact) mass is 248 g/mol. The van der Waals surface area contributed by atoms with Crippen LogP contribution in [0.25, 0.3) is 0 Å². The van der Waals surface area contributed by atoms with Crippen molar-refractivity contribution in [2.45, 2.75) is 25.9 Å². The Morgan fingerprint density at radius 1 is 1.50 bits per heavy atom. The van der Waals surface area contributed by atoms with E-state index < -0.39 is 6.10 Å². The minimum atomic E-state index is -0.564. The number of carbonyl (C=O) groups excluding carboxylic acids is 2. The number of hydrogen-bond acceptors (Lipinski definition) is 3. The summed E-state index contributed by atoms with van der Waals surface area (Å²) < 4.78 is 0. The number of carbonyl (C=O) groups is 2. The van der Waals surface area contributed by atoms with Crippen LogP contribution in [0.5, 0.6) is 0 Å². The Kier molecular flexibility index (Phi) is 3.62. The normalized spacial score (nSPS) is 15.6. The zero-order valence-electron chi connectivity index (χ0n) is 10.2. The van der Waals surface area contributed by atoms with Crippen molar-refractivity contribution < 1.29 is 14.7 Å². The standard InChI is InChI=1S/C13H16N2O3/c1-8(16)7-14-13(18)10-2-4-11-9(6-10)3-5-12(17)15-11/h2,4,6,8,16H,3,5,7H2,1H3,(H,14,18)(H,15,17). The fourth-order valence-electron chi connectivity index (χ4n) is 1.87. The van der Waals surface area contributed by atoms with Crippen molar-refractivity contribution in [2.24, 2.45) is 0 Å². The molecular formula is C13H16N2O3. The van der Waals surface area contributed by atoms with Gasteiger partial charge in [-0.25, -0.2) is 0 Å². The van der Waals surface area contributed by atoms with Crippen LogP contribution in [0.2, 0.25) is 0 Å². The van der Waals surface area contributed by atoms with Crippen LogP contribution in [-0.2, 0) is 11.2 Å². The summed E-state index contributed by atoms with van der Waals surface area (Å²) in [7, 11) is 0. The van der Waals surface area contributed by atoms with Gasteiger partial charge in [-0.05, 0) is 37.1 Å². The Labute approximate surface area is 105 Å². The number of anilines is 1. The Morgan fingerprint density at radius 2 is 2.28 bits per heavy atom. The second-order valence-electron chi connectivity index (χ2n) is 4.48. The molecule has 1 aromatic rings. The highest BCUT2D eigenvalue weighted by atomic mass is 16.3. The Morgan fingerprint density at radius 3 is 3.00 bits per heavy atom. The summed E-state index contributed by atoms with van der Waals surface area (Å²) in [5.41, 5.74) is 2.29. The molecule has 0 saturated carbocycles. The van der Waals surface area contributed by atoms with Gasteiger partial charge in [0.25, 0.3) is 5.91 Å². The van der Waals surface area contributed by atoms with E-state index in [1.165, 1.54) is 0 Å². The van der Waals surface area contributed by atoms with E-state index in [0.29, 0.717) is 18.4 Å². The molecule has 0 radical (unpaired) electrons. The van der Waals surface area contributed by atoms with Gasteiger partial charge in [0.1, 0.15) is 0 Å². The van der Waals surface area contributed by atoms with E-state index in [-0.39, 0.29) is 18.4 Å². The lowest BCUT2D eigenvalue weighted by Crippen LogP contribution is -2.30. The van der Waals surface area contributed by atoms with Gasteiger partial charge in [0, 0.05) is 24.2 Å². The Balaban J connectivity index is 2.11. The first-order valence-corrected chi connectivity index (χ1v) is 5.95. The molecule has 1 unspecified atom stereocenters. The topological polar surface area (TPSA) is 78.4 Å². The van der Waals surface area contributed by atoms with Crippen LogP contribution < -0.4 is 10.6 Å². The highest BCUT2D eigenvalue weighted by Gasteiger charge is 2.16. The first-order valence-electron chi connectivity index (χ1n) is 5.95. The molecule has 0 aromatic heterocycles. The van der Waals surface area contributed by atoms with Crippen LogP contribution >= 0.6 is 0 Å². The molecule has 18 heavy (non-hydrogen) atoms. The number of rotatable bonds is 3. The molecule has 0 saturated heterocycles. The molecule has 1 aromatic carbocycles. The summed E-state index contributed by atoms with van der Waals surface area (Å²) in [4.78, 5) is 23.0. The highest BCUT2D eigenvalue weighted by molar-refractivity contribution is 5.97. The molecule has 96 valence electrons. The lowest BCUT2D eigenvalue weighted by Gasteiger charge is -2.17. The van der Waals surface area contributed by atoms with Gasteiger partial charge in [0.2, 0.25) is 5.91 Å². The van der Waals surface area contributed by atoms with Gasteiger partial charge < -0.3 is 15.7 Å². The van der Waals surface area contributed by atoms with E-state index in [1.54, 1.807) is 25.1 Å². The van der Waals surface area contributed by atoms with Gasteiger partial charge in [-0.3, -0.25) is 9.59 Å². The fourth-order valence-corrected chi connectivity index (χ4v) is 1.87. The molecule has 1 heterocycles. The number of aliphatic hydroxyl groups is 1. The largest absolute Gasteiger partial charge is 0.392 e. The van der Waals surface area contributed by atoms with Crippen molar-refractivity contribution in [1.82, 2.24) is 5.32 Å². The molecule has 3 N–H and O–H groups in total. The average molecular weight is 248 g/mol. The maximum Gasteiger partial charge on any atom is 0.251 e. The first-order chi connectivity index (χ1) is 8.56. The van der Waals surface area contributed by atoms with Gasteiger partial charge in [0.15, 0.2) is 0 Å². The third-order valence-corrected chi connectivity index (χ3v) is 2.82. The number of fused-ring (bicyclic) bond motifs is 1. The summed E-state index contributed by atoms with van der Waals surface area (Å²) in [6, 6.07) is 5.19. The fraction of sp³-hybridized carbons (Fsp3) is 0.385. The molecule has 0 aliphatic carbocycles. The van der Waals surface area contributed by atoms with Gasteiger partial charge in [0.05, 0.1) is 6.10 Å². The summed E-state index contributed by atoms with van der Waals surface area (Å²) in [5.74, 6) is -0.204. The Bertz CT molecular complexity index is 483. The third kappa shape index (κ3) is 2.87. The highest BCUT2D eigenvalue weighted by Crippen LogP contribution is 2.23. The van der Waals surface area contributed by atoms with E-state index >= 15 is 0 Å². The number of hydrogen-bond donors (Lipinski definition) is 3. The number of amides is 2. The molecule has 1 atom stereocenters. The summed E-state index contributed by atoms with van der Waals surface area (Å²) in [5, 5.41) is 14.5. The molecular weight excluding hydrogens is 232 g/mol. The number of benzene rings is 1. The molecule has 5 nitrogen and oxygen atoms in total. The van der Waals surface area contributed by atoms with Crippen molar-refractivity contribution in [3.05, 3.63) is 29.3 Å². The van der Waals surface area contributed by atoms with E-state index in [0.717, 1.165) is 11.3 Å². The molecule has 0 spiro atoms. The van der Waals surface area contributed by atoms with Crippen molar-refractivity contribution in [1.29, 1.82) is 0 Å². The maximum absolute atomic E-state index is 11.8. The second kappa shape index (κ2) is 5.18. The van der Waals surface area contributed by atoms with Crippen molar-refractivity contribution in [3.8, 4) is 0 Å². The predicted octanol–water partition coefficient (Wildman–Crippen LogP) is 0.682. The number of aliphatic hydroxyl groups excluding tert-OH is 1. The molecule has 1 aliphatic rings. The van der Waals surface area contributed by atoms with Crippen molar-refractivity contribution in [2.75, 3.05) is 11.9 Å². The van der Waals surface area contributed by atoms with Crippen LogP contribution in [0, 0.1) is 0 Å². The molecule has 0 bridgehead atoms. The minimum absolute atomic E-state index is 0.00815. The van der Waals surface area contributed by atoms with Crippen LogP contribution in [0.3, 0.4) is 0 Å². The number of aryl methyl sites for hydroxylation is 1. The lowest BCUT2D eigenvalue weighted by atomic mass is 10.00. The summed E-state index contributed by atoms with van der Waals surface area (Å²) in [6.07, 6.45) is 0.538. The average Bonchev–Trinajstić information content (AvgIpc) is 2.35. The smallest absolute Gasteiger partial charge is 0.251 e. The van der Waals surface area contributed by atoms with E-state index in [2.05, 4.69) is 10.6 Å². The van der Waals surface area contributed by atoms with E-state index in [9.17, 15) is 9.59 Å². The Hall–Kier alpha value is -1.88. The summed E-state index contributed by atoms with van der Waals surface area (Å²) in [6.45, 7) is 1.84. The quantitative estimate of drug-likeness (QED) is 0.736. The van der Waals surface area contributed by atoms with Gasteiger partial charge in [-0.2, -0.15) is 0 Å². The molecule has 0 fully saturated rings. The van der Waals surface area contributed by atoms with Crippen LogP contribution in [0.1, 0.15) is 29.3 Å². The second-order valence-corrected chi connectivity index (χ2v) is 4.48. The maximum atomic E-state index is 11.8. The third-order valence-electron chi connectivity index (χ3n) is 2.82. The first kappa shape index (κ1) is 12.6. The molecule has 2 rings (SSSR count). The summed E-state index contributed by atoms with van der Waals surface area (Å²) >= 11 is 0. The molecule has 2 amide bonds. The van der Waals surface area contributed by atoms with Gasteiger partial charge >= 0.3 is 0 Å². The zero-order valence-corrected chi connectivity index (χ0v) is 10.2. The molecule has 5 heteroatoms. The predicted molar refractivity (Wildman–Crippen MR) is 67.4 cm³/mol. The minimum Gasteiger partial charge on any atom is -0.392 e. The lowest BCUT2D eigenvalue weighted by molar-refractivity contribution is -0.116. The van der Waals surface area contributed by atoms with E-state index in [4.69, 9.17) is 5.11 Å². The van der Waals surface area contributed by atoms with Gasteiger partial charge in [-0.1, -0.05) is 0 Å². The van der Waals surface area contributed by atoms with Crippen molar-refractivity contribution >= 4 is 17.5 Å². The van der Waals surface area contributed by atoms with Crippen LogP contribution in [0.4, 0.5) is 5.69 Å². The van der Waals surface area contributed by atoms with Crippen LogP contribution in [0.15, 0.2) is 18.2 Å².